The van der Waals surface area contributed by atoms with Crippen molar-refractivity contribution in [3.63, 3.8) is 0 Å². The Kier molecular flexibility index (Phi) is 4.23. The molecule has 0 aromatic heterocycles. The van der Waals surface area contributed by atoms with Crippen LogP contribution in [0.3, 0.4) is 0 Å². The van der Waals surface area contributed by atoms with Gasteiger partial charge in [-0.15, -0.1) is 0 Å². The Morgan fingerprint density at radius 2 is 1.82 bits per heavy atom. The second-order valence-corrected chi connectivity index (χ2v) is 4.15. The summed E-state index contributed by atoms with van der Waals surface area (Å²) in [5, 5.41) is 3.35. The fourth-order valence-electron chi connectivity index (χ4n) is 1.90. The second kappa shape index (κ2) is 5.89. The molecule has 0 spiro atoms. The van der Waals surface area contributed by atoms with Crippen molar-refractivity contribution in [2.24, 2.45) is 0 Å². The first-order valence-corrected chi connectivity index (χ1v) is 6.05. The van der Waals surface area contributed by atoms with Gasteiger partial charge in [0.1, 0.15) is 5.75 Å². The molecule has 1 atom stereocenters. The first kappa shape index (κ1) is 12.2. The van der Waals surface area contributed by atoms with Crippen LogP contribution in [0.1, 0.15) is 6.92 Å². The number of hydrogen-bond acceptors (Lipinski definition) is 4. The summed E-state index contributed by atoms with van der Waals surface area (Å²) < 4.78 is 10.6. The van der Waals surface area contributed by atoms with Crippen molar-refractivity contribution in [3.05, 3.63) is 24.3 Å². The van der Waals surface area contributed by atoms with Crippen LogP contribution in [0.4, 0.5) is 5.69 Å². The Morgan fingerprint density at radius 1 is 1.18 bits per heavy atom. The normalized spacial score (nSPS) is 17.9. The van der Waals surface area contributed by atoms with Gasteiger partial charge in [0.05, 0.1) is 0 Å². The van der Waals surface area contributed by atoms with Gasteiger partial charge in [0.25, 0.3) is 0 Å². The minimum Gasteiger partial charge on any atom is -0.465 e. The van der Waals surface area contributed by atoms with Crippen molar-refractivity contribution in [2.75, 3.05) is 38.2 Å². The van der Waals surface area contributed by atoms with E-state index in [2.05, 4.69) is 22.3 Å². The zero-order chi connectivity index (χ0) is 12.1. The van der Waals surface area contributed by atoms with Crippen LogP contribution in [0.2, 0.25) is 0 Å². The average molecular weight is 236 g/mol. The van der Waals surface area contributed by atoms with Crippen molar-refractivity contribution in [1.82, 2.24) is 5.32 Å². The summed E-state index contributed by atoms with van der Waals surface area (Å²) in [7, 11) is 1.64. The summed E-state index contributed by atoms with van der Waals surface area (Å²) in [4.78, 5) is 2.38. The van der Waals surface area contributed by atoms with Crippen LogP contribution in [0, 0.1) is 0 Å². The molecule has 2 rings (SSSR count). The molecule has 0 amide bonds. The molecule has 1 fully saturated rings. The zero-order valence-corrected chi connectivity index (χ0v) is 10.5. The van der Waals surface area contributed by atoms with Gasteiger partial charge in [-0.25, -0.2) is 0 Å². The van der Waals surface area contributed by atoms with Crippen molar-refractivity contribution in [1.29, 1.82) is 0 Å². The Hall–Kier alpha value is -1.26. The van der Waals surface area contributed by atoms with Gasteiger partial charge in [0.15, 0.2) is 6.29 Å². The van der Waals surface area contributed by atoms with E-state index in [9.17, 15) is 0 Å². The zero-order valence-electron chi connectivity index (χ0n) is 10.5. The Bertz CT molecular complexity index is 334. The van der Waals surface area contributed by atoms with E-state index in [1.807, 2.05) is 19.1 Å². The third-order valence-corrected chi connectivity index (χ3v) is 2.95. The lowest BCUT2D eigenvalue weighted by atomic mass is 10.2. The van der Waals surface area contributed by atoms with Crippen LogP contribution in [-0.2, 0) is 4.74 Å². The van der Waals surface area contributed by atoms with Gasteiger partial charge in [-0.2, -0.15) is 0 Å². The van der Waals surface area contributed by atoms with Crippen molar-refractivity contribution < 1.29 is 9.47 Å². The van der Waals surface area contributed by atoms with E-state index in [-0.39, 0.29) is 6.29 Å². The summed E-state index contributed by atoms with van der Waals surface area (Å²) in [5.41, 5.74) is 1.25. The van der Waals surface area contributed by atoms with Gasteiger partial charge in [-0.05, 0) is 31.2 Å². The topological polar surface area (TPSA) is 33.7 Å². The third-order valence-electron chi connectivity index (χ3n) is 2.95. The molecule has 1 saturated heterocycles. The second-order valence-electron chi connectivity index (χ2n) is 4.15. The molecule has 4 nitrogen and oxygen atoms in total. The SMILES string of the molecule is COC(C)Oc1ccc(N2CCNCC2)cc1. The lowest BCUT2D eigenvalue weighted by Gasteiger charge is -2.29. The maximum Gasteiger partial charge on any atom is 0.196 e. The largest absolute Gasteiger partial charge is 0.465 e. The lowest BCUT2D eigenvalue weighted by Crippen LogP contribution is -2.43. The highest BCUT2D eigenvalue weighted by atomic mass is 16.7. The number of anilines is 1. The summed E-state index contributed by atoms with van der Waals surface area (Å²) in [6.45, 7) is 6.12. The predicted molar refractivity (Wildman–Crippen MR) is 68.6 cm³/mol. The third kappa shape index (κ3) is 3.35. The number of benzene rings is 1. The molecular formula is C13H20N2O2. The molecular weight excluding hydrogens is 216 g/mol. The molecule has 0 radical (unpaired) electrons. The van der Waals surface area contributed by atoms with E-state index in [0.29, 0.717) is 0 Å². The van der Waals surface area contributed by atoms with Gasteiger partial charge in [0.2, 0.25) is 0 Å². The highest BCUT2D eigenvalue weighted by Gasteiger charge is 2.10. The van der Waals surface area contributed by atoms with Crippen LogP contribution < -0.4 is 15.0 Å². The standard InChI is InChI=1S/C13H20N2O2/c1-11(16-2)17-13-5-3-12(4-6-13)15-9-7-14-8-10-15/h3-6,11,14H,7-10H2,1-2H3. The Balaban J connectivity index is 1.97. The maximum atomic E-state index is 5.55. The number of methoxy groups -OCH3 is 1. The number of hydrogen-bond donors (Lipinski definition) is 1. The van der Waals surface area contributed by atoms with Gasteiger partial charge >= 0.3 is 0 Å². The number of piperazine rings is 1. The lowest BCUT2D eigenvalue weighted by molar-refractivity contribution is -0.0382. The molecule has 1 aliphatic rings. The minimum absolute atomic E-state index is 0.208. The molecule has 0 aliphatic carbocycles. The van der Waals surface area contributed by atoms with Gasteiger partial charge in [0, 0.05) is 39.0 Å². The number of ether oxygens (including phenoxy) is 2. The molecule has 1 heterocycles. The van der Waals surface area contributed by atoms with Gasteiger partial charge < -0.3 is 19.7 Å². The molecule has 1 N–H and O–H groups in total. The highest BCUT2D eigenvalue weighted by molar-refractivity contribution is 5.49. The van der Waals surface area contributed by atoms with E-state index in [1.54, 1.807) is 7.11 Å². The Morgan fingerprint density at radius 3 is 2.41 bits per heavy atom. The van der Waals surface area contributed by atoms with Crippen molar-refractivity contribution >= 4 is 5.69 Å². The average Bonchev–Trinajstić information content (AvgIpc) is 2.40. The van der Waals surface area contributed by atoms with Crippen LogP contribution in [0.5, 0.6) is 5.75 Å². The minimum atomic E-state index is -0.208. The molecule has 4 heteroatoms. The first-order valence-electron chi connectivity index (χ1n) is 6.05. The van der Waals surface area contributed by atoms with Crippen LogP contribution in [-0.4, -0.2) is 39.6 Å². The number of nitrogens with one attached hydrogen (secondary N) is 1. The monoisotopic (exact) mass is 236 g/mol. The molecule has 0 bridgehead atoms. The Labute approximate surface area is 103 Å². The quantitative estimate of drug-likeness (QED) is 0.803. The summed E-state index contributed by atoms with van der Waals surface area (Å²) >= 11 is 0. The smallest absolute Gasteiger partial charge is 0.196 e. The summed E-state index contributed by atoms with van der Waals surface area (Å²) in [5.74, 6) is 0.846. The molecule has 1 aromatic carbocycles. The predicted octanol–water partition coefficient (Wildman–Crippen LogP) is 1.47. The number of nitrogens with zero attached hydrogens (tertiary/aromatic N) is 1. The van der Waals surface area contributed by atoms with Crippen molar-refractivity contribution in [3.8, 4) is 5.75 Å². The fraction of sp³-hybridized carbons (Fsp3) is 0.538. The molecule has 17 heavy (non-hydrogen) atoms. The number of rotatable bonds is 4. The maximum absolute atomic E-state index is 5.55. The first-order chi connectivity index (χ1) is 8.29. The molecule has 0 saturated carbocycles. The summed E-state index contributed by atoms with van der Waals surface area (Å²) in [6, 6.07) is 8.19. The van der Waals surface area contributed by atoms with E-state index in [4.69, 9.17) is 9.47 Å². The summed E-state index contributed by atoms with van der Waals surface area (Å²) in [6.07, 6.45) is -0.208. The highest BCUT2D eigenvalue weighted by Crippen LogP contribution is 2.20. The van der Waals surface area contributed by atoms with Gasteiger partial charge in [-0.3, -0.25) is 0 Å². The fourth-order valence-corrected chi connectivity index (χ4v) is 1.90. The van der Waals surface area contributed by atoms with E-state index in [0.717, 1.165) is 31.9 Å². The molecule has 1 aliphatic heterocycles. The van der Waals surface area contributed by atoms with Crippen LogP contribution >= 0.6 is 0 Å². The van der Waals surface area contributed by atoms with Crippen molar-refractivity contribution in [2.45, 2.75) is 13.2 Å². The van der Waals surface area contributed by atoms with E-state index >= 15 is 0 Å². The van der Waals surface area contributed by atoms with Crippen LogP contribution in [0.25, 0.3) is 0 Å². The molecule has 94 valence electrons. The molecule has 1 unspecified atom stereocenters. The van der Waals surface area contributed by atoms with Gasteiger partial charge in [-0.1, -0.05) is 0 Å². The van der Waals surface area contributed by atoms with E-state index < -0.39 is 0 Å². The van der Waals surface area contributed by atoms with E-state index in [1.165, 1.54) is 5.69 Å². The molecule has 1 aromatic rings. The van der Waals surface area contributed by atoms with Crippen LogP contribution in [0.15, 0.2) is 24.3 Å².